The van der Waals surface area contributed by atoms with Gasteiger partial charge in [0.05, 0.1) is 24.5 Å². The van der Waals surface area contributed by atoms with E-state index < -0.39 is 29.9 Å². The van der Waals surface area contributed by atoms with Crippen LogP contribution in [0.15, 0.2) is 60.9 Å². The molecule has 0 saturated carbocycles. The van der Waals surface area contributed by atoms with Crippen molar-refractivity contribution in [2.24, 2.45) is 11.5 Å². The second-order valence-electron chi connectivity index (χ2n) is 9.02. The van der Waals surface area contributed by atoms with E-state index in [1.165, 1.54) is 9.58 Å². The van der Waals surface area contributed by atoms with Gasteiger partial charge in [-0.2, -0.15) is 15.3 Å². The van der Waals surface area contributed by atoms with E-state index in [1.807, 2.05) is 0 Å². The Bertz CT molecular complexity index is 1510. The van der Waals surface area contributed by atoms with Crippen LogP contribution in [0.2, 0.25) is 0 Å². The third kappa shape index (κ3) is 4.93. The normalized spacial score (nSPS) is 17.1. The molecule has 5 rings (SSSR count). The molecule has 2 atom stereocenters. The van der Waals surface area contributed by atoms with Gasteiger partial charge in [0.2, 0.25) is 11.8 Å². The number of benzene rings is 2. The Balaban J connectivity index is 1.38. The second kappa shape index (κ2) is 10.3. The number of carbonyl (C=O) groups is 3. The number of carbonyl (C=O) groups excluding carboxylic acids is 3. The zero-order valence-corrected chi connectivity index (χ0v) is 20.3. The summed E-state index contributed by atoms with van der Waals surface area (Å²) in [4.78, 5) is 39.6. The molecule has 2 aromatic heterocycles. The minimum atomic E-state index is -1.35. The molecule has 2 unspecified atom stereocenters. The number of nitrogens with two attached hydrogens (primary N) is 2. The highest BCUT2D eigenvalue weighted by Gasteiger charge is 2.40. The standard InChI is InChI=1S/C26H25FN8O3/c27-18-10-22(26(38)32-19-4-1-15(11-28)2-5-19)34(13-18)23(36)14-35-21-6-3-16(17-7-8-30-31-12-17)9-20(21)24(33-35)25(29)37/h1-9,12,18,22H,10-11,13-14,28H2,(H2,29,37)(H,32,38). The summed E-state index contributed by atoms with van der Waals surface area (Å²) < 4.78 is 15.8. The molecule has 1 aliphatic heterocycles. The number of aromatic nitrogens is 4. The van der Waals surface area contributed by atoms with E-state index >= 15 is 0 Å². The summed E-state index contributed by atoms with van der Waals surface area (Å²) in [5.74, 6) is -1.75. The number of halogens is 1. The number of nitrogens with zero attached hydrogens (tertiary/aromatic N) is 5. The van der Waals surface area contributed by atoms with E-state index in [4.69, 9.17) is 11.5 Å². The average molecular weight is 517 g/mol. The second-order valence-corrected chi connectivity index (χ2v) is 9.02. The molecule has 3 amide bonds. The van der Waals surface area contributed by atoms with Crippen molar-refractivity contribution in [2.45, 2.75) is 31.7 Å². The summed E-state index contributed by atoms with van der Waals surface area (Å²) in [5, 5.41) is 15.1. The number of primary amides is 1. The van der Waals surface area contributed by atoms with Crippen LogP contribution in [0.4, 0.5) is 10.1 Å². The van der Waals surface area contributed by atoms with Crippen LogP contribution in [-0.2, 0) is 22.7 Å². The predicted molar refractivity (Wildman–Crippen MR) is 137 cm³/mol. The van der Waals surface area contributed by atoms with Crippen molar-refractivity contribution in [1.82, 2.24) is 24.9 Å². The first-order valence-electron chi connectivity index (χ1n) is 11.9. The number of likely N-dealkylation sites (tertiary alicyclic amines) is 1. The summed E-state index contributed by atoms with van der Waals surface area (Å²) in [6.07, 6.45) is 1.67. The van der Waals surface area contributed by atoms with Crippen molar-refractivity contribution in [3.8, 4) is 11.1 Å². The zero-order valence-electron chi connectivity index (χ0n) is 20.3. The highest BCUT2D eigenvalue weighted by molar-refractivity contribution is 6.05. The molecule has 1 aliphatic rings. The fourth-order valence-electron chi connectivity index (χ4n) is 4.60. The Hall–Kier alpha value is -4.71. The van der Waals surface area contributed by atoms with E-state index in [1.54, 1.807) is 60.9 Å². The first kappa shape index (κ1) is 25.0. The first-order chi connectivity index (χ1) is 18.3. The average Bonchev–Trinajstić information content (AvgIpc) is 3.50. The van der Waals surface area contributed by atoms with Crippen molar-refractivity contribution >= 4 is 34.3 Å². The molecular weight excluding hydrogens is 491 g/mol. The fraction of sp³-hybridized carbons (Fsp3) is 0.231. The monoisotopic (exact) mass is 516 g/mol. The Labute approximate surface area is 216 Å². The van der Waals surface area contributed by atoms with Gasteiger partial charge in [0, 0.05) is 29.6 Å². The summed E-state index contributed by atoms with van der Waals surface area (Å²) in [5.41, 5.74) is 14.6. The maximum absolute atomic E-state index is 14.4. The van der Waals surface area contributed by atoms with Gasteiger partial charge in [-0.3, -0.25) is 19.1 Å². The number of hydrogen-bond acceptors (Lipinski definition) is 7. The topological polar surface area (TPSA) is 162 Å². The van der Waals surface area contributed by atoms with Gasteiger partial charge >= 0.3 is 0 Å². The van der Waals surface area contributed by atoms with Gasteiger partial charge in [-0.15, -0.1) is 0 Å². The number of amides is 3. The summed E-state index contributed by atoms with van der Waals surface area (Å²) >= 11 is 0. The van der Waals surface area contributed by atoms with Crippen molar-refractivity contribution in [3.05, 3.63) is 72.2 Å². The molecule has 3 heterocycles. The van der Waals surface area contributed by atoms with E-state index in [-0.39, 0.29) is 25.2 Å². The molecule has 194 valence electrons. The number of rotatable bonds is 7. The van der Waals surface area contributed by atoms with Crippen molar-refractivity contribution in [1.29, 1.82) is 0 Å². The molecule has 11 nitrogen and oxygen atoms in total. The number of anilines is 1. The van der Waals surface area contributed by atoms with Gasteiger partial charge in [-0.05, 0) is 41.5 Å². The molecule has 1 fully saturated rings. The third-order valence-corrected chi connectivity index (χ3v) is 6.52. The Morgan fingerprint density at radius 3 is 2.53 bits per heavy atom. The third-order valence-electron chi connectivity index (χ3n) is 6.52. The van der Waals surface area contributed by atoms with Gasteiger partial charge in [-0.25, -0.2) is 4.39 Å². The largest absolute Gasteiger partial charge is 0.364 e. The van der Waals surface area contributed by atoms with Gasteiger partial charge in [-0.1, -0.05) is 18.2 Å². The molecule has 1 saturated heterocycles. The Morgan fingerprint density at radius 1 is 1.05 bits per heavy atom. The lowest BCUT2D eigenvalue weighted by Crippen LogP contribution is -2.44. The lowest BCUT2D eigenvalue weighted by atomic mass is 10.0. The zero-order chi connectivity index (χ0) is 26.8. The first-order valence-corrected chi connectivity index (χ1v) is 11.9. The number of alkyl halides is 1. The smallest absolute Gasteiger partial charge is 0.269 e. The summed E-state index contributed by atoms with van der Waals surface area (Å²) in [7, 11) is 0. The molecule has 38 heavy (non-hydrogen) atoms. The fourth-order valence-corrected chi connectivity index (χ4v) is 4.60. The summed E-state index contributed by atoms with van der Waals surface area (Å²) in [6.45, 7) is -0.157. The molecule has 5 N–H and O–H groups in total. The molecule has 12 heteroatoms. The molecule has 4 aromatic rings. The highest BCUT2D eigenvalue weighted by atomic mass is 19.1. The van der Waals surface area contributed by atoms with Crippen LogP contribution < -0.4 is 16.8 Å². The number of nitrogens with one attached hydrogen (secondary N) is 1. The van der Waals surface area contributed by atoms with Crippen molar-refractivity contribution in [3.63, 3.8) is 0 Å². The molecule has 0 bridgehead atoms. The minimum Gasteiger partial charge on any atom is -0.364 e. The van der Waals surface area contributed by atoms with E-state index in [0.717, 1.165) is 16.7 Å². The van der Waals surface area contributed by atoms with Gasteiger partial charge in [0.1, 0.15) is 18.8 Å². The lowest BCUT2D eigenvalue weighted by Gasteiger charge is -2.23. The lowest BCUT2D eigenvalue weighted by molar-refractivity contribution is -0.137. The Morgan fingerprint density at radius 2 is 1.84 bits per heavy atom. The highest BCUT2D eigenvalue weighted by Crippen LogP contribution is 2.27. The molecule has 0 spiro atoms. The maximum atomic E-state index is 14.4. The van der Waals surface area contributed by atoms with E-state index in [2.05, 4.69) is 20.6 Å². The number of hydrogen-bond donors (Lipinski definition) is 3. The van der Waals surface area contributed by atoms with Crippen molar-refractivity contribution in [2.75, 3.05) is 11.9 Å². The van der Waals surface area contributed by atoms with Crippen LogP contribution in [-0.4, -0.2) is 61.4 Å². The van der Waals surface area contributed by atoms with Crippen LogP contribution in [0.25, 0.3) is 22.0 Å². The molecule has 2 aromatic carbocycles. The van der Waals surface area contributed by atoms with Crippen LogP contribution in [0.1, 0.15) is 22.5 Å². The quantitative estimate of drug-likeness (QED) is 0.336. The maximum Gasteiger partial charge on any atom is 0.269 e. The predicted octanol–water partition coefficient (Wildman–Crippen LogP) is 1.63. The van der Waals surface area contributed by atoms with Crippen LogP contribution in [0.5, 0.6) is 0 Å². The van der Waals surface area contributed by atoms with Gasteiger partial charge < -0.3 is 21.7 Å². The summed E-state index contributed by atoms with van der Waals surface area (Å²) in [6, 6.07) is 13.0. The molecular formula is C26H25FN8O3. The van der Waals surface area contributed by atoms with Crippen LogP contribution in [0.3, 0.4) is 0 Å². The van der Waals surface area contributed by atoms with E-state index in [0.29, 0.717) is 23.1 Å². The molecule has 0 aliphatic carbocycles. The van der Waals surface area contributed by atoms with Gasteiger partial charge in [0.15, 0.2) is 5.69 Å². The van der Waals surface area contributed by atoms with Crippen LogP contribution in [0, 0.1) is 0 Å². The van der Waals surface area contributed by atoms with Crippen LogP contribution >= 0.6 is 0 Å². The van der Waals surface area contributed by atoms with Gasteiger partial charge in [0.25, 0.3) is 5.91 Å². The molecule has 0 radical (unpaired) electrons. The van der Waals surface area contributed by atoms with E-state index in [9.17, 15) is 18.8 Å². The Kier molecular flexibility index (Phi) is 6.79. The number of fused-ring (bicyclic) bond motifs is 1. The SMILES string of the molecule is NCc1ccc(NC(=O)C2CC(F)CN2C(=O)Cn2nc(C(N)=O)c3cc(-c4ccnnc4)ccc32)cc1. The minimum absolute atomic E-state index is 0.00308. The van der Waals surface area contributed by atoms with Crippen molar-refractivity contribution < 1.29 is 18.8 Å².